The first-order chi connectivity index (χ1) is 8.69. The maximum atomic E-state index is 11.4. The van der Waals surface area contributed by atoms with Crippen molar-refractivity contribution in [3.63, 3.8) is 0 Å². The van der Waals surface area contributed by atoms with Crippen LogP contribution in [-0.4, -0.2) is 33.6 Å². The van der Waals surface area contributed by atoms with E-state index < -0.39 is 0 Å². The molecular weight excluding hydrogens is 230 g/mol. The van der Waals surface area contributed by atoms with E-state index in [2.05, 4.69) is 20.7 Å². The molecule has 0 aliphatic carbocycles. The first-order valence-corrected chi connectivity index (χ1v) is 6.02. The van der Waals surface area contributed by atoms with E-state index in [1.807, 2.05) is 32.2 Å². The first kappa shape index (κ1) is 12.3. The number of fused-ring (bicyclic) bond motifs is 1. The van der Waals surface area contributed by atoms with Gasteiger partial charge in [0.1, 0.15) is 0 Å². The number of pyridine rings is 1. The average Bonchev–Trinajstić information content (AvgIpc) is 2.75. The third-order valence-electron chi connectivity index (χ3n) is 2.46. The standard InChI is InChI=1S/C12H17N5O/c1-3-6-13-11(18)7-14-12-15-10-5-4-9(2)8-17(10)16-12/h4-5,8H,3,6-7H2,1-2H3,(H,13,18)(H,14,16). The van der Waals surface area contributed by atoms with Crippen LogP contribution in [0.15, 0.2) is 18.3 Å². The van der Waals surface area contributed by atoms with Crippen molar-refractivity contribution in [2.75, 3.05) is 18.4 Å². The molecule has 0 fully saturated rings. The highest BCUT2D eigenvalue weighted by atomic mass is 16.1. The van der Waals surface area contributed by atoms with Crippen LogP contribution in [0, 0.1) is 6.92 Å². The number of anilines is 1. The molecule has 0 aromatic carbocycles. The lowest BCUT2D eigenvalue weighted by molar-refractivity contribution is -0.119. The van der Waals surface area contributed by atoms with E-state index in [0.29, 0.717) is 12.5 Å². The average molecular weight is 247 g/mol. The monoisotopic (exact) mass is 247 g/mol. The highest BCUT2D eigenvalue weighted by Gasteiger charge is 2.05. The number of nitrogens with one attached hydrogen (secondary N) is 2. The molecule has 18 heavy (non-hydrogen) atoms. The predicted molar refractivity (Wildman–Crippen MR) is 69.5 cm³/mol. The number of hydrogen-bond acceptors (Lipinski definition) is 4. The number of amides is 1. The smallest absolute Gasteiger partial charge is 0.243 e. The number of carbonyl (C=O) groups is 1. The number of aromatic nitrogens is 3. The Morgan fingerprint density at radius 3 is 3.06 bits per heavy atom. The maximum Gasteiger partial charge on any atom is 0.243 e. The Hall–Kier alpha value is -2.11. The van der Waals surface area contributed by atoms with Gasteiger partial charge < -0.3 is 10.6 Å². The number of aryl methyl sites for hydroxylation is 1. The first-order valence-electron chi connectivity index (χ1n) is 6.02. The summed E-state index contributed by atoms with van der Waals surface area (Å²) in [6.45, 7) is 4.89. The van der Waals surface area contributed by atoms with Crippen LogP contribution in [0.2, 0.25) is 0 Å². The van der Waals surface area contributed by atoms with E-state index in [4.69, 9.17) is 0 Å². The van der Waals surface area contributed by atoms with Crippen LogP contribution in [-0.2, 0) is 4.79 Å². The zero-order valence-electron chi connectivity index (χ0n) is 10.6. The summed E-state index contributed by atoms with van der Waals surface area (Å²) < 4.78 is 1.70. The molecule has 96 valence electrons. The van der Waals surface area contributed by atoms with Crippen molar-refractivity contribution in [3.8, 4) is 0 Å². The van der Waals surface area contributed by atoms with Gasteiger partial charge in [0.05, 0.1) is 6.54 Å². The number of hydrogen-bond donors (Lipinski definition) is 2. The van der Waals surface area contributed by atoms with Crippen LogP contribution in [0.25, 0.3) is 5.65 Å². The van der Waals surface area contributed by atoms with Crippen molar-refractivity contribution in [1.82, 2.24) is 19.9 Å². The highest BCUT2D eigenvalue weighted by molar-refractivity contribution is 5.80. The zero-order valence-corrected chi connectivity index (χ0v) is 10.6. The molecule has 2 heterocycles. The van der Waals surface area contributed by atoms with E-state index in [-0.39, 0.29) is 12.5 Å². The van der Waals surface area contributed by atoms with Gasteiger partial charge in [-0.15, -0.1) is 5.10 Å². The molecule has 6 heteroatoms. The molecule has 0 bridgehead atoms. The molecule has 1 amide bonds. The van der Waals surface area contributed by atoms with Crippen LogP contribution in [0.4, 0.5) is 5.95 Å². The molecule has 0 spiro atoms. The van der Waals surface area contributed by atoms with Gasteiger partial charge in [-0.1, -0.05) is 13.0 Å². The van der Waals surface area contributed by atoms with Crippen molar-refractivity contribution >= 4 is 17.5 Å². The zero-order chi connectivity index (χ0) is 13.0. The molecule has 0 saturated heterocycles. The molecule has 0 unspecified atom stereocenters. The number of rotatable bonds is 5. The van der Waals surface area contributed by atoms with Gasteiger partial charge in [-0.25, -0.2) is 4.52 Å². The third-order valence-corrected chi connectivity index (χ3v) is 2.46. The van der Waals surface area contributed by atoms with Crippen molar-refractivity contribution in [1.29, 1.82) is 0 Å². The van der Waals surface area contributed by atoms with Crippen LogP contribution < -0.4 is 10.6 Å². The minimum Gasteiger partial charge on any atom is -0.355 e. The van der Waals surface area contributed by atoms with Gasteiger partial charge in [-0.3, -0.25) is 4.79 Å². The van der Waals surface area contributed by atoms with Crippen molar-refractivity contribution < 1.29 is 4.79 Å². The van der Waals surface area contributed by atoms with E-state index in [1.54, 1.807) is 4.52 Å². The Morgan fingerprint density at radius 2 is 2.28 bits per heavy atom. The largest absolute Gasteiger partial charge is 0.355 e. The summed E-state index contributed by atoms with van der Waals surface area (Å²) in [4.78, 5) is 15.7. The normalized spacial score (nSPS) is 10.6. The Kier molecular flexibility index (Phi) is 3.76. The minimum absolute atomic E-state index is 0.0492. The molecule has 6 nitrogen and oxygen atoms in total. The number of carbonyl (C=O) groups excluding carboxylic acids is 1. The van der Waals surface area contributed by atoms with Crippen molar-refractivity contribution in [2.24, 2.45) is 0 Å². The summed E-state index contributed by atoms with van der Waals surface area (Å²) in [6, 6.07) is 3.87. The second kappa shape index (κ2) is 5.48. The molecule has 2 rings (SSSR count). The summed E-state index contributed by atoms with van der Waals surface area (Å²) in [6.07, 6.45) is 2.82. The van der Waals surface area contributed by atoms with Gasteiger partial charge in [0.2, 0.25) is 11.9 Å². The van der Waals surface area contributed by atoms with Gasteiger partial charge in [0.25, 0.3) is 0 Å². The van der Waals surface area contributed by atoms with Crippen LogP contribution in [0.5, 0.6) is 0 Å². The van der Waals surface area contributed by atoms with Gasteiger partial charge in [-0.2, -0.15) is 4.98 Å². The topological polar surface area (TPSA) is 71.3 Å². The van der Waals surface area contributed by atoms with Crippen LogP contribution >= 0.6 is 0 Å². The SMILES string of the molecule is CCCNC(=O)CNc1nc2ccc(C)cn2n1. The molecular formula is C12H17N5O. The fourth-order valence-electron chi connectivity index (χ4n) is 1.55. The summed E-state index contributed by atoms with van der Waals surface area (Å²) >= 11 is 0. The van der Waals surface area contributed by atoms with Crippen molar-refractivity contribution in [3.05, 3.63) is 23.9 Å². The minimum atomic E-state index is -0.0492. The van der Waals surface area contributed by atoms with Crippen molar-refractivity contribution in [2.45, 2.75) is 20.3 Å². The van der Waals surface area contributed by atoms with E-state index >= 15 is 0 Å². The fraction of sp³-hybridized carbons (Fsp3) is 0.417. The van der Waals surface area contributed by atoms with Gasteiger partial charge in [0, 0.05) is 12.7 Å². The lowest BCUT2D eigenvalue weighted by Crippen LogP contribution is -2.30. The molecule has 0 radical (unpaired) electrons. The maximum absolute atomic E-state index is 11.4. The molecule has 0 saturated carbocycles. The third kappa shape index (κ3) is 2.97. The Balaban J connectivity index is 1.97. The van der Waals surface area contributed by atoms with Gasteiger partial charge >= 0.3 is 0 Å². The fourth-order valence-corrected chi connectivity index (χ4v) is 1.55. The van der Waals surface area contributed by atoms with E-state index in [0.717, 1.165) is 17.6 Å². The summed E-state index contributed by atoms with van der Waals surface area (Å²) in [5.41, 5.74) is 1.87. The summed E-state index contributed by atoms with van der Waals surface area (Å²) in [5, 5.41) is 9.93. The summed E-state index contributed by atoms with van der Waals surface area (Å²) in [5.74, 6) is 0.416. The molecule has 0 atom stereocenters. The summed E-state index contributed by atoms with van der Waals surface area (Å²) in [7, 11) is 0. The Labute approximate surface area is 105 Å². The van der Waals surface area contributed by atoms with Crippen LogP contribution in [0.3, 0.4) is 0 Å². The molecule has 2 aromatic heterocycles. The molecule has 0 aliphatic rings. The van der Waals surface area contributed by atoms with Gasteiger partial charge in [0.15, 0.2) is 5.65 Å². The molecule has 0 aliphatic heterocycles. The second-order valence-electron chi connectivity index (χ2n) is 4.15. The van der Waals surface area contributed by atoms with Crippen LogP contribution in [0.1, 0.15) is 18.9 Å². The van der Waals surface area contributed by atoms with E-state index in [1.165, 1.54) is 0 Å². The Bertz CT molecular complexity index is 548. The quantitative estimate of drug-likeness (QED) is 0.826. The Morgan fingerprint density at radius 1 is 1.44 bits per heavy atom. The second-order valence-corrected chi connectivity index (χ2v) is 4.15. The lowest BCUT2D eigenvalue weighted by atomic mass is 10.3. The predicted octanol–water partition coefficient (Wildman–Crippen LogP) is 0.976. The lowest BCUT2D eigenvalue weighted by Gasteiger charge is -2.02. The van der Waals surface area contributed by atoms with E-state index in [9.17, 15) is 4.79 Å². The van der Waals surface area contributed by atoms with Gasteiger partial charge in [-0.05, 0) is 25.0 Å². The molecule has 2 N–H and O–H groups in total. The molecule has 2 aromatic rings. The highest BCUT2D eigenvalue weighted by Crippen LogP contribution is 2.06. The number of nitrogens with zero attached hydrogens (tertiary/aromatic N) is 3.